The van der Waals surface area contributed by atoms with Crippen molar-refractivity contribution in [3.05, 3.63) is 87.1 Å². The third kappa shape index (κ3) is 3.71. The quantitative estimate of drug-likeness (QED) is 0.466. The summed E-state index contributed by atoms with van der Waals surface area (Å²) in [5.74, 6) is 0.343. The van der Waals surface area contributed by atoms with E-state index in [0.717, 1.165) is 17.6 Å². The van der Waals surface area contributed by atoms with Crippen LogP contribution in [0.3, 0.4) is 0 Å². The van der Waals surface area contributed by atoms with Crippen molar-refractivity contribution in [1.29, 1.82) is 0 Å². The number of carbonyl (C=O) groups excluding carboxylic acids is 1. The van der Waals surface area contributed by atoms with Crippen LogP contribution in [-0.2, 0) is 17.8 Å². The van der Waals surface area contributed by atoms with Crippen molar-refractivity contribution in [2.75, 3.05) is 13.3 Å². The highest BCUT2D eigenvalue weighted by Gasteiger charge is 2.31. The molecule has 2 aromatic heterocycles. The number of ether oxygens (including phenoxy) is 2. The minimum Gasteiger partial charge on any atom is -0.502 e. The van der Waals surface area contributed by atoms with Gasteiger partial charge in [-0.3, -0.25) is 9.59 Å². The smallest absolute Gasteiger partial charge is 0.231 e. The number of aromatic amines is 1. The van der Waals surface area contributed by atoms with Crippen LogP contribution in [0, 0.1) is 6.92 Å². The zero-order valence-corrected chi connectivity index (χ0v) is 19.2. The molecule has 0 unspecified atom stereocenters. The molecular formula is C27H24N2O6. The molecule has 0 radical (unpaired) electrons. The molecule has 2 aromatic carbocycles. The molecule has 2 N–H and O–H groups in total. The molecule has 4 aromatic rings. The van der Waals surface area contributed by atoms with Crippen molar-refractivity contribution in [2.45, 2.75) is 32.2 Å². The van der Waals surface area contributed by atoms with Crippen molar-refractivity contribution >= 4 is 16.8 Å². The van der Waals surface area contributed by atoms with Crippen LogP contribution in [0.25, 0.3) is 10.9 Å². The molecule has 2 aliphatic rings. The van der Waals surface area contributed by atoms with Crippen molar-refractivity contribution in [3.63, 3.8) is 0 Å². The molecule has 0 fully saturated rings. The highest BCUT2D eigenvalue weighted by atomic mass is 16.7. The highest BCUT2D eigenvalue weighted by Crippen LogP contribution is 2.40. The normalized spacial score (nSPS) is 15.3. The first kappa shape index (κ1) is 21.3. The molecule has 0 aliphatic carbocycles. The largest absolute Gasteiger partial charge is 0.502 e. The number of H-pyrrole nitrogens is 1. The average molecular weight is 472 g/mol. The molecule has 1 atom stereocenters. The first-order valence-electron chi connectivity index (χ1n) is 11.6. The van der Waals surface area contributed by atoms with Gasteiger partial charge in [0, 0.05) is 35.6 Å². The first-order chi connectivity index (χ1) is 17.0. The Hall–Kier alpha value is -4.20. The summed E-state index contributed by atoms with van der Waals surface area (Å²) in [5, 5.41) is 11.8. The summed E-state index contributed by atoms with van der Waals surface area (Å²) in [6.07, 6.45) is 0.777. The van der Waals surface area contributed by atoms with Crippen LogP contribution in [0.5, 0.6) is 17.2 Å². The standard InChI is InChI=1S/C27H24N2O6/c1-15-10-22(30)26(32)27(35-15)19(16-6-7-23-24(11-16)34-14-33-23)12-25(31)29-9-8-18-17-4-2-3-5-20(17)28-21(18)13-29/h2-7,10-11,19,28,32H,8-9,12-14H2,1H3/t19-/m1/s1. The first-order valence-corrected chi connectivity index (χ1v) is 11.6. The van der Waals surface area contributed by atoms with Gasteiger partial charge in [-0.25, -0.2) is 0 Å². The number of nitrogens with zero attached hydrogens (tertiary/aromatic N) is 1. The molecule has 0 saturated carbocycles. The molecule has 8 heteroatoms. The van der Waals surface area contributed by atoms with Crippen LogP contribution in [0.1, 0.15) is 40.7 Å². The number of nitrogens with one attached hydrogen (secondary N) is 1. The summed E-state index contributed by atoms with van der Waals surface area (Å²) in [5.41, 5.74) is 3.50. The lowest BCUT2D eigenvalue weighted by atomic mass is 9.90. The summed E-state index contributed by atoms with van der Waals surface area (Å²) >= 11 is 0. The lowest BCUT2D eigenvalue weighted by Gasteiger charge is -2.29. The Balaban J connectivity index is 1.34. The summed E-state index contributed by atoms with van der Waals surface area (Å²) in [4.78, 5) is 31.1. The fourth-order valence-corrected chi connectivity index (χ4v) is 5.06. The number of rotatable bonds is 4. The number of para-hydroxylation sites is 1. The van der Waals surface area contributed by atoms with Gasteiger partial charge < -0.3 is 28.9 Å². The highest BCUT2D eigenvalue weighted by molar-refractivity contribution is 5.86. The zero-order chi connectivity index (χ0) is 24.1. The van der Waals surface area contributed by atoms with Crippen LogP contribution in [-0.4, -0.2) is 34.2 Å². The van der Waals surface area contributed by atoms with Gasteiger partial charge in [-0.15, -0.1) is 0 Å². The maximum atomic E-state index is 13.5. The number of benzene rings is 2. The Kier molecular flexibility index (Phi) is 5.02. The fourth-order valence-electron chi connectivity index (χ4n) is 5.06. The topological polar surface area (TPSA) is 105 Å². The van der Waals surface area contributed by atoms with Gasteiger partial charge in [0.05, 0.1) is 12.5 Å². The molecule has 4 heterocycles. The van der Waals surface area contributed by atoms with Crippen molar-refractivity contribution in [1.82, 2.24) is 9.88 Å². The Morgan fingerprint density at radius 2 is 1.97 bits per heavy atom. The molecule has 6 rings (SSSR count). The molecule has 2 aliphatic heterocycles. The number of aromatic hydroxyl groups is 1. The van der Waals surface area contributed by atoms with E-state index in [9.17, 15) is 14.7 Å². The van der Waals surface area contributed by atoms with Crippen molar-refractivity contribution < 1.29 is 23.8 Å². The zero-order valence-electron chi connectivity index (χ0n) is 19.2. The Labute approximate surface area is 200 Å². The third-order valence-corrected chi connectivity index (χ3v) is 6.80. The maximum absolute atomic E-state index is 13.5. The molecule has 0 spiro atoms. The third-order valence-electron chi connectivity index (χ3n) is 6.80. The lowest BCUT2D eigenvalue weighted by molar-refractivity contribution is -0.132. The van der Waals surface area contributed by atoms with E-state index in [1.807, 2.05) is 23.1 Å². The van der Waals surface area contributed by atoms with Gasteiger partial charge in [-0.1, -0.05) is 24.3 Å². The molecule has 35 heavy (non-hydrogen) atoms. The number of carbonyl (C=O) groups is 1. The van der Waals surface area contributed by atoms with E-state index in [1.54, 1.807) is 25.1 Å². The van der Waals surface area contributed by atoms with Gasteiger partial charge >= 0.3 is 0 Å². The average Bonchev–Trinajstić information content (AvgIpc) is 3.48. The monoisotopic (exact) mass is 472 g/mol. The molecule has 0 bridgehead atoms. The molecule has 0 saturated heterocycles. The Morgan fingerprint density at radius 3 is 2.86 bits per heavy atom. The summed E-state index contributed by atoms with van der Waals surface area (Å²) < 4.78 is 16.7. The Bertz CT molecular complexity index is 1520. The minimum absolute atomic E-state index is 0.0230. The van der Waals surface area contributed by atoms with Crippen molar-refractivity contribution in [3.8, 4) is 17.2 Å². The predicted octanol–water partition coefficient (Wildman–Crippen LogP) is 3.97. The molecular weight excluding hydrogens is 448 g/mol. The second kappa shape index (κ2) is 8.23. The van der Waals surface area contributed by atoms with Crippen LogP contribution in [0.2, 0.25) is 0 Å². The second-order valence-corrected chi connectivity index (χ2v) is 9.00. The van der Waals surface area contributed by atoms with E-state index in [0.29, 0.717) is 35.9 Å². The maximum Gasteiger partial charge on any atom is 0.231 e. The van der Waals surface area contributed by atoms with Crippen LogP contribution in [0.4, 0.5) is 0 Å². The van der Waals surface area contributed by atoms with E-state index >= 15 is 0 Å². The number of aryl methyl sites for hydroxylation is 1. The number of hydrogen-bond donors (Lipinski definition) is 2. The van der Waals surface area contributed by atoms with Gasteiger partial charge in [0.1, 0.15) is 5.76 Å². The number of hydrogen-bond acceptors (Lipinski definition) is 6. The number of amides is 1. The SMILES string of the molecule is Cc1cc(=O)c(O)c([C@H](CC(=O)N2CCc3c([nH]c4ccccc34)C2)c2ccc3c(c2)OCO3)o1. The van der Waals surface area contributed by atoms with E-state index < -0.39 is 17.1 Å². The van der Waals surface area contributed by atoms with Gasteiger partial charge in [0.25, 0.3) is 0 Å². The number of aromatic nitrogens is 1. The second-order valence-electron chi connectivity index (χ2n) is 9.00. The van der Waals surface area contributed by atoms with Crippen molar-refractivity contribution in [2.24, 2.45) is 0 Å². The van der Waals surface area contributed by atoms with Gasteiger partial charge in [-0.2, -0.15) is 0 Å². The van der Waals surface area contributed by atoms with E-state index in [-0.39, 0.29) is 24.9 Å². The summed E-state index contributed by atoms with van der Waals surface area (Å²) in [7, 11) is 0. The lowest BCUT2D eigenvalue weighted by Crippen LogP contribution is -2.36. The molecule has 178 valence electrons. The van der Waals surface area contributed by atoms with E-state index in [2.05, 4.69) is 11.1 Å². The van der Waals surface area contributed by atoms with Crippen LogP contribution < -0.4 is 14.9 Å². The van der Waals surface area contributed by atoms with Gasteiger partial charge in [0.15, 0.2) is 17.3 Å². The summed E-state index contributed by atoms with van der Waals surface area (Å²) in [6, 6.07) is 14.7. The van der Waals surface area contributed by atoms with Crippen LogP contribution >= 0.6 is 0 Å². The van der Waals surface area contributed by atoms with E-state index in [1.165, 1.54) is 17.0 Å². The van der Waals surface area contributed by atoms with Crippen LogP contribution in [0.15, 0.2) is 57.7 Å². The minimum atomic E-state index is -0.672. The molecule has 1 amide bonds. The Morgan fingerprint density at radius 1 is 1.14 bits per heavy atom. The van der Waals surface area contributed by atoms with Gasteiger partial charge in [-0.05, 0) is 42.7 Å². The van der Waals surface area contributed by atoms with E-state index in [4.69, 9.17) is 13.9 Å². The fraction of sp³-hybridized carbons (Fsp3) is 0.259. The summed E-state index contributed by atoms with van der Waals surface area (Å²) in [6.45, 7) is 2.82. The number of fused-ring (bicyclic) bond motifs is 4. The van der Waals surface area contributed by atoms with Gasteiger partial charge in [0.2, 0.25) is 23.9 Å². The molecule has 8 nitrogen and oxygen atoms in total. The predicted molar refractivity (Wildman–Crippen MR) is 128 cm³/mol.